The zero-order valence-corrected chi connectivity index (χ0v) is 20.1. The molecule has 4 rings (SSSR count). The number of piperazine rings is 1. The molecule has 0 saturated carbocycles. The normalized spacial score (nSPS) is 14.6. The molecule has 0 unspecified atom stereocenters. The van der Waals surface area contributed by atoms with Gasteiger partial charge in [0.1, 0.15) is 9.88 Å². The van der Waals surface area contributed by atoms with Gasteiger partial charge in [-0.25, -0.2) is 4.98 Å². The van der Waals surface area contributed by atoms with Crippen LogP contribution in [-0.4, -0.2) is 67.6 Å². The minimum atomic E-state index is 0.0659. The Kier molecular flexibility index (Phi) is 7.42. The van der Waals surface area contributed by atoms with Crippen LogP contribution in [0.4, 0.5) is 0 Å². The van der Waals surface area contributed by atoms with Crippen LogP contribution in [0, 0.1) is 6.92 Å². The van der Waals surface area contributed by atoms with E-state index in [4.69, 9.17) is 9.47 Å². The van der Waals surface area contributed by atoms with Crippen molar-refractivity contribution >= 4 is 23.3 Å². The molecule has 6 nitrogen and oxygen atoms in total. The third-order valence-corrected chi connectivity index (χ3v) is 6.95. The van der Waals surface area contributed by atoms with Crippen molar-refractivity contribution in [1.29, 1.82) is 0 Å². The number of aromatic nitrogens is 1. The molecule has 3 aromatic rings. The number of benzene rings is 2. The number of amides is 1. The number of hydrogen-bond acceptors (Lipinski definition) is 6. The number of ether oxygens (including phenoxy) is 2. The van der Waals surface area contributed by atoms with Crippen LogP contribution in [-0.2, 0) is 0 Å². The quantitative estimate of drug-likeness (QED) is 0.512. The first-order valence-corrected chi connectivity index (χ1v) is 11.8. The van der Waals surface area contributed by atoms with Crippen molar-refractivity contribution in [1.82, 2.24) is 14.8 Å². The SMILES string of the molecule is COc1ccc(-c2nc(C)c(C(=O)N3CCN(C/C=C/c4ccccc4)CC3)s2)cc1OC. The Morgan fingerprint density at radius 2 is 1.76 bits per heavy atom. The van der Waals surface area contributed by atoms with Gasteiger partial charge in [0.05, 0.1) is 19.9 Å². The van der Waals surface area contributed by atoms with Crippen LogP contribution in [0.25, 0.3) is 16.6 Å². The van der Waals surface area contributed by atoms with Crippen LogP contribution in [0.3, 0.4) is 0 Å². The summed E-state index contributed by atoms with van der Waals surface area (Å²) >= 11 is 1.44. The van der Waals surface area contributed by atoms with E-state index in [2.05, 4.69) is 34.2 Å². The summed E-state index contributed by atoms with van der Waals surface area (Å²) in [5, 5.41) is 0.807. The molecule has 0 aliphatic carbocycles. The first-order chi connectivity index (χ1) is 16.1. The number of thiazole rings is 1. The molecule has 0 bridgehead atoms. The van der Waals surface area contributed by atoms with Gasteiger partial charge in [0.15, 0.2) is 11.5 Å². The highest BCUT2D eigenvalue weighted by Gasteiger charge is 2.25. The molecule has 0 atom stereocenters. The first kappa shape index (κ1) is 23.0. The Labute approximate surface area is 199 Å². The van der Waals surface area contributed by atoms with Crippen LogP contribution in [0.15, 0.2) is 54.6 Å². The largest absolute Gasteiger partial charge is 0.493 e. The van der Waals surface area contributed by atoms with Gasteiger partial charge in [0, 0.05) is 38.3 Å². The fourth-order valence-electron chi connectivity index (χ4n) is 3.87. The number of carbonyl (C=O) groups is 1. The highest BCUT2D eigenvalue weighted by atomic mass is 32.1. The zero-order valence-electron chi connectivity index (χ0n) is 19.3. The van der Waals surface area contributed by atoms with Crippen molar-refractivity contribution in [3.63, 3.8) is 0 Å². The number of hydrogen-bond donors (Lipinski definition) is 0. The van der Waals surface area contributed by atoms with Crippen LogP contribution in [0.2, 0.25) is 0 Å². The van der Waals surface area contributed by atoms with Crippen molar-refractivity contribution in [2.75, 3.05) is 46.9 Å². The molecule has 1 aliphatic heterocycles. The van der Waals surface area contributed by atoms with E-state index in [0.29, 0.717) is 16.4 Å². The molecule has 33 heavy (non-hydrogen) atoms. The molecular formula is C26H29N3O3S. The van der Waals surface area contributed by atoms with E-state index >= 15 is 0 Å². The molecule has 1 aliphatic rings. The minimum absolute atomic E-state index is 0.0659. The van der Waals surface area contributed by atoms with Gasteiger partial charge >= 0.3 is 0 Å². The molecule has 1 aromatic heterocycles. The number of aryl methyl sites for hydroxylation is 1. The Hall–Kier alpha value is -3.16. The van der Waals surface area contributed by atoms with Gasteiger partial charge in [-0.15, -0.1) is 11.3 Å². The molecule has 1 amide bonds. The van der Waals surface area contributed by atoms with Gasteiger partial charge in [0.25, 0.3) is 5.91 Å². The van der Waals surface area contributed by atoms with Crippen molar-refractivity contribution < 1.29 is 14.3 Å². The van der Waals surface area contributed by atoms with E-state index in [-0.39, 0.29) is 5.91 Å². The van der Waals surface area contributed by atoms with E-state index in [0.717, 1.165) is 49.0 Å². The summed E-state index contributed by atoms with van der Waals surface area (Å²) in [6, 6.07) is 16.0. The number of methoxy groups -OCH3 is 2. The summed E-state index contributed by atoms with van der Waals surface area (Å²) in [5.74, 6) is 1.38. The predicted octanol–water partition coefficient (Wildman–Crippen LogP) is 4.61. The lowest BCUT2D eigenvalue weighted by Crippen LogP contribution is -2.48. The molecule has 2 heterocycles. The van der Waals surface area contributed by atoms with E-state index in [1.807, 2.05) is 48.2 Å². The summed E-state index contributed by atoms with van der Waals surface area (Å²) < 4.78 is 10.7. The molecule has 0 N–H and O–H groups in total. The van der Waals surface area contributed by atoms with E-state index in [9.17, 15) is 4.79 Å². The molecular weight excluding hydrogens is 434 g/mol. The highest BCUT2D eigenvalue weighted by molar-refractivity contribution is 7.17. The lowest BCUT2D eigenvalue weighted by Gasteiger charge is -2.34. The van der Waals surface area contributed by atoms with E-state index in [1.165, 1.54) is 16.9 Å². The van der Waals surface area contributed by atoms with Crippen LogP contribution in [0.5, 0.6) is 11.5 Å². The smallest absolute Gasteiger partial charge is 0.265 e. The molecule has 1 fully saturated rings. The maximum Gasteiger partial charge on any atom is 0.265 e. The molecule has 172 valence electrons. The Balaban J connectivity index is 1.37. The predicted molar refractivity (Wildman–Crippen MR) is 133 cm³/mol. The van der Waals surface area contributed by atoms with Gasteiger partial charge in [-0.2, -0.15) is 0 Å². The van der Waals surface area contributed by atoms with Crippen molar-refractivity contribution in [3.05, 3.63) is 70.7 Å². The standard InChI is InChI=1S/C26H29N3O3S/c1-19-24(33-25(27-19)21-11-12-22(31-2)23(18-21)32-3)26(30)29-16-14-28(15-17-29)13-7-10-20-8-5-4-6-9-20/h4-12,18H,13-17H2,1-3H3/b10-7+. The van der Waals surface area contributed by atoms with Crippen LogP contribution >= 0.6 is 11.3 Å². The van der Waals surface area contributed by atoms with Crippen molar-refractivity contribution in [3.8, 4) is 22.1 Å². The highest BCUT2D eigenvalue weighted by Crippen LogP contribution is 2.35. The minimum Gasteiger partial charge on any atom is -0.493 e. The second kappa shape index (κ2) is 10.6. The molecule has 2 aromatic carbocycles. The van der Waals surface area contributed by atoms with Crippen LogP contribution < -0.4 is 9.47 Å². The van der Waals surface area contributed by atoms with Gasteiger partial charge in [-0.05, 0) is 30.7 Å². The lowest BCUT2D eigenvalue weighted by molar-refractivity contribution is 0.0654. The Morgan fingerprint density at radius 3 is 2.45 bits per heavy atom. The zero-order chi connectivity index (χ0) is 23.2. The van der Waals surface area contributed by atoms with Crippen molar-refractivity contribution in [2.45, 2.75) is 6.92 Å². The Morgan fingerprint density at radius 1 is 1.03 bits per heavy atom. The number of carbonyl (C=O) groups excluding carboxylic acids is 1. The first-order valence-electron chi connectivity index (χ1n) is 11.0. The van der Waals surface area contributed by atoms with Gasteiger partial charge < -0.3 is 14.4 Å². The summed E-state index contributed by atoms with van der Waals surface area (Å²) in [5.41, 5.74) is 2.88. The van der Waals surface area contributed by atoms with Crippen LogP contribution in [0.1, 0.15) is 20.9 Å². The third-order valence-electron chi connectivity index (χ3n) is 5.75. The number of nitrogens with zero attached hydrogens (tertiary/aromatic N) is 3. The molecule has 1 saturated heterocycles. The lowest BCUT2D eigenvalue weighted by atomic mass is 10.2. The maximum absolute atomic E-state index is 13.2. The monoisotopic (exact) mass is 463 g/mol. The summed E-state index contributed by atoms with van der Waals surface area (Å²) in [6.07, 6.45) is 4.34. The summed E-state index contributed by atoms with van der Waals surface area (Å²) in [4.78, 5) is 22.9. The molecule has 7 heteroatoms. The van der Waals surface area contributed by atoms with E-state index in [1.54, 1.807) is 14.2 Å². The third kappa shape index (κ3) is 5.43. The average molecular weight is 464 g/mol. The topological polar surface area (TPSA) is 54.9 Å². The second-order valence-corrected chi connectivity index (χ2v) is 8.91. The maximum atomic E-state index is 13.2. The van der Waals surface area contributed by atoms with Gasteiger partial charge in [-0.3, -0.25) is 9.69 Å². The van der Waals surface area contributed by atoms with Gasteiger partial charge in [0.2, 0.25) is 0 Å². The van der Waals surface area contributed by atoms with E-state index < -0.39 is 0 Å². The fourth-order valence-corrected chi connectivity index (χ4v) is 4.90. The van der Waals surface area contributed by atoms with Crippen molar-refractivity contribution in [2.24, 2.45) is 0 Å². The number of rotatable bonds is 7. The Bertz CT molecular complexity index is 1120. The average Bonchev–Trinajstić information content (AvgIpc) is 3.25. The summed E-state index contributed by atoms with van der Waals surface area (Å²) in [7, 11) is 3.22. The summed E-state index contributed by atoms with van der Waals surface area (Å²) in [6.45, 7) is 5.97. The van der Waals surface area contributed by atoms with Gasteiger partial charge in [-0.1, -0.05) is 42.5 Å². The molecule has 0 spiro atoms. The second-order valence-electron chi connectivity index (χ2n) is 7.91. The fraction of sp³-hybridized carbons (Fsp3) is 0.308. The molecule has 0 radical (unpaired) electrons.